The number of ether oxygens (including phenoxy) is 2. The first-order chi connectivity index (χ1) is 13.0. The number of nitrogens with one attached hydrogen (secondary N) is 1. The van der Waals surface area contributed by atoms with Crippen LogP contribution in [0.5, 0.6) is 11.5 Å². The maximum absolute atomic E-state index is 12.5. The lowest BCUT2D eigenvalue weighted by atomic mass is 10.1. The van der Waals surface area contributed by atoms with Gasteiger partial charge in [-0.05, 0) is 31.2 Å². The Kier molecular flexibility index (Phi) is 5.26. The topological polar surface area (TPSA) is 77.8 Å². The average Bonchev–Trinajstić information content (AvgIpc) is 3.18. The SMILES string of the molecule is COc1ccc(NC(=O)c2ccc(-c3ccc(C(C)=O)cc3)o2)c(OC)c1. The molecular weight excluding hydrogens is 346 g/mol. The first-order valence-electron chi connectivity index (χ1n) is 8.26. The van der Waals surface area contributed by atoms with Crippen LogP contribution in [0.15, 0.2) is 59.0 Å². The minimum atomic E-state index is -0.398. The highest BCUT2D eigenvalue weighted by Gasteiger charge is 2.15. The number of ketones is 1. The van der Waals surface area contributed by atoms with Gasteiger partial charge in [0.05, 0.1) is 19.9 Å². The van der Waals surface area contributed by atoms with Gasteiger partial charge in [0.25, 0.3) is 5.91 Å². The van der Waals surface area contributed by atoms with Gasteiger partial charge in [0.1, 0.15) is 17.3 Å². The number of methoxy groups -OCH3 is 2. The van der Waals surface area contributed by atoms with E-state index in [1.54, 1.807) is 61.7 Å². The number of benzene rings is 2. The molecule has 0 saturated carbocycles. The number of anilines is 1. The van der Waals surface area contributed by atoms with Crippen LogP contribution in [0.3, 0.4) is 0 Å². The molecule has 0 bridgehead atoms. The first kappa shape index (κ1) is 18.3. The zero-order valence-electron chi connectivity index (χ0n) is 15.2. The summed E-state index contributed by atoms with van der Waals surface area (Å²) in [5.74, 6) is 1.41. The molecule has 0 unspecified atom stereocenters. The van der Waals surface area contributed by atoms with Crippen molar-refractivity contribution in [2.24, 2.45) is 0 Å². The van der Waals surface area contributed by atoms with Crippen LogP contribution in [0.1, 0.15) is 27.8 Å². The second kappa shape index (κ2) is 7.78. The summed E-state index contributed by atoms with van der Waals surface area (Å²) in [5, 5.41) is 2.76. The predicted molar refractivity (Wildman–Crippen MR) is 102 cm³/mol. The Morgan fingerprint density at radius 1 is 0.926 bits per heavy atom. The normalized spacial score (nSPS) is 10.3. The number of hydrogen-bond donors (Lipinski definition) is 1. The molecule has 0 aliphatic carbocycles. The standard InChI is InChI=1S/C21H19NO5/c1-13(23)14-4-6-15(7-5-14)18-10-11-19(27-18)21(24)22-17-9-8-16(25-2)12-20(17)26-3/h4-12H,1-3H3,(H,22,24). The number of Topliss-reactive ketones (excluding diaryl/α,β-unsaturated/α-hetero) is 1. The van der Waals surface area contributed by atoms with Crippen molar-refractivity contribution in [3.05, 3.63) is 65.9 Å². The van der Waals surface area contributed by atoms with Gasteiger partial charge >= 0.3 is 0 Å². The Balaban J connectivity index is 1.78. The average molecular weight is 365 g/mol. The van der Waals surface area contributed by atoms with Crippen LogP contribution in [0.4, 0.5) is 5.69 Å². The van der Waals surface area contributed by atoms with Gasteiger partial charge in [-0.1, -0.05) is 24.3 Å². The van der Waals surface area contributed by atoms with Crippen molar-refractivity contribution in [3.63, 3.8) is 0 Å². The first-order valence-corrected chi connectivity index (χ1v) is 8.26. The van der Waals surface area contributed by atoms with Crippen LogP contribution < -0.4 is 14.8 Å². The van der Waals surface area contributed by atoms with Crippen molar-refractivity contribution in [1.82, 2.24) is 0 Å². The Morgan fingerprint density at radius 3 is 2.30 bits per heavy atom. The van der Waals surface area contributed by atoms with Gasteiger partial charge in [0.15, 0.2) is 11.5 Å². The van der Waals surface area contributed by atoms with Gasteiger partial charge < -0.3 is 19.2 Å². The second-order valence-electron chi connectivity index (χ2n) is 5.82. The molecule has 138 valence electrons. The predicted octanol–water partition coefficient (Wildman–Crippen LogP) is 4.42. The number of furan rings is 1. The molecule has 0 aliphatic rings. The van der Waals surface area contributed by atoms with Crippen molar-refractivity contribution >= 4 is 17.4 Å². The number of rotatable bonds is 6. The molecule has 1 N–H and O–H groups in total. The second-order valence-corrected chi connectivity index (χ2v) is 5.82. The summed E-state index contributed by atoms with van der Waals surface area (Å²) in [6.45, 7) is 1.51. The van der Waals surface area contributed by atoms with E-state index >= 15 is 0 Å². The molecule has 0 aliphatic heterocycles. The number of hydrogen-bond acceptors (Lipinski definition) is 5. The van der Waals surface area contributed by atoms with Crippen molar-refractivity contribution in [1.29, 1.82) is 0 Å². The van der Waals surface area contributed by atoms with Gasteiger partial charge in [-0.2, -0.15) is 0 Å². The van der Waals surface area contributed by atoms with E-state index in [4.69, 9.17) is 13.9 Å². The summed E-state index contributed by atoms with van der Waals surface area (Å²) in [7, 11) is 3.07. The van der Waals surface area contributed by atoms with Crippen LogP contribution in [-0.4, -0.2) is 25.9 Å². The molecule has 1 aromatic heterocycles. The van der Waals surface area contributed by atoms with E-state index in [-0.39, 0.29) is 11.5 Å². The molecule has 6 nitrogen and oxygen atoms in total. The van der Waals surface area contributed by atoms with Gasteiger partial charge in [-0.3, -0.25) is 9.59 Å². The Hall–Kier alpha value is -3.54. The van der Waals surface area contributed by atoms with E-state index in [0.717, 1.165) is 5.56 Å². The molecular formula is C21H19NO5. The lowest BCUT2D eigenvalue weighted by molar-refractivity contribution is 0.0994. The molecule has 0 radical (unpaired) electrons. The third-order valence-electron chi connectivity index (χ3n) is 4.06. The third-order valence-corrected chi connectivity index (χ3v) is 4.06. The summed E-state index contributed by atoms with van der Waals surface area (Å²) in [5.41, 5.74) is 1.91. The van der Waals surface area contributed by atoms with E-state index in [0.29, 0.717) is 28.5 Å². The van der Waals surface area contributed by atoms with Crippen LogP contribution in [-0.2, 0) is 0 Å². The molecule has 2 aromatic carbocycles. The Bertz CT molecular complexity index is 972. The van der Waals surface area contributed by atoms with Crippen LogP contribution >= 0.6 is 0 Å². The van der Waals surface area contributed by atoms with E-state index in [1.165, 1.54) is 14.0 Å². The highest BCUT2D eigenvalue weighted by Crippen LogP contribution is 2.30. The highest BCUT2D eigenvalue weighted by molar-refractivity contribution is 6.03. The van der Waals surface area contributed by atoms with E-state index in [9.17, 15) is 9.59 Å². The summed E-state index contributed by atoms with van der Waals surface area (Å²) in [4.78, 5) is 23.8. The lowest BCUT2D eigenvalue weighted by Crippen LogP contribution is -2.11. The summed E-state index contributed by atoms with van der Waals surface area (Å²) in [6, 6.07) is 15.4. The van der Waals surface area contributed by atoms with Gasteiger partial charge in [0, 0.05) is 17.2 Å². The molecule has 0 atom stereocenters. The van der Waals surface area contributed by atoms with Gasteiger partial charge in [0.2, 0.25) is 0 Å². The number of carbonyl (C=O) groups excluding carboxylic acids is 2. The van der Waals surface area contributed by atoms with E-state index < -0.39 is 5.91 Å². The minimum Gasteiger partial charge on any atom is -0.497 e. The summed E-state index contributed by atoms with van der Waals surface area (Å²) in [6.07, 6.45) is 0. The summed E-state index contributed by atoms with van der Waals surface area (Å²) < 4.78 is 16.1. The Morgan fingerprint density at radius 2 is 1.67 bits per heavy atom. The van der Waals surface area contributed by atoms with Crippen LogP contribution in [0, 0.1) is 0 Å². The quantitative estimate of drug-likeness (QED) is 0.654. The van der Waals surface area contributed by atoms with E-state index in [1.807, 2.05) is 0 Å². The fourth-order valence-electron chi connectivity index (χ4n) is 2.57. The Labute approximate surface area is 156 Å². The van der Waals surface area contributed by atoms with Crippen LogP contribution in [0.25, 0.3) is 11.3 Å². The molecule has 27 heavy (non-hydrogen) atoms. The molecule has 1 amide bonds. The van der Waals surface area contributed by atoms with Crippen molar-refractivity contribution in [2.45, 2.75) is 6.92 Å². The maximum atomic E-state index is 12.5. The number of carbonyl (C=O) groups is 2. The van der Waals surface area contributed by atoms with Crippen LogP contribution in [0.2, 0.25) is 0 Å². The third kappa shape index (κ3) is 4.00. The fourth-order valence-corrected chi connectivity index (χ4v) is 2.57. The largest absolute Gasteiger partial charge is 0.497 e. The zero-order valence-corrected chi connectivity index (χ0v) is 15.2. The highest BCUT2D eigenvalue weighted by atomic mass is 16.5. The maximum Gasteiger partial charge on any atom is 0.291 e. The molecule has 1 heterocycles. The summed E-state index contributed by atoms with van der Waals surface area (Å²) >= 11 is 0. The van der Waals surface area contributed by atoms with Gasteiger partial charge in [-0.15, -0.1) is 0 Å². The molecule has 0 saturated heterocycles. The smallest absolute Gasteiger partial charge is 0.291 e. The minimum absolute atomic E-state index is 0.00509. The van der Waals surface area contributed by atoms with Gasteiger partial charge in [-0.25, -0.2) is 0 Å². The molecule has 0 spiro atoms. The van der Waals surface area contributed by atoms with Crippen molar-refractivity contribution in [3.8, 4) is 22.8 Å². The molecule has 3 rings (SSSR count). The fraction of sp³-hybridized carbons (Fsp3) is 0.143. The molecule has 3 aromatic rings. The monoisotopic (exact) mass is 365 g/mol. The number of amides is 1. The van der Waals surface area contributed by atoms with Crippen molar-refractivity contribution in [2.75, 3.05) is 19.5 Å². The molecule has 6 heteroatoms. The van der Waals surface area contributed by atoms with E-state index in [2.05, 4.69) is 5.32 Å². The molecule has 0 fully saturated rings. The lowest BCUT2D eigenvalue weighted by Gasteiger charge is -2.10. The zero-order chi connectivity index (χ0) is 19.4. The van der Waals surface area contributed by atoms with Crippen molar-refractivity contribution < 1.29 is 23.5 Å².